The number of allylic oxidation sites excluding steroid dienone is 1. The number of rotatable bonds is 8. The Morgan fingerprint density at radius 3 is 2.95 bits per heavy atom. The molecule has 0 bridgehead atoms. The van der Waals surface area contributed by atoms with Crippen LogP contribution >= 0.6 is 15.9 Å². The van der Waals surface area contributed by atoms with Crippen molar-refractivity contribution >= 4 is 21.6 Å². The Kier molecular flexibility index (Phi) is 6.75. The molecule has 19 heavy (non-hydrogen) atoms. The van der Waals surface area contributed by atoms with Gasteiger partial charge in [-0.05, 0) is 15.9 Å². The average Bonchev–Trinajstić information content (AvgIpc) is 2.42. The molecule has 1 rings (SSSR count). The Labute approximate surface area is 120 Å². The van der Waals surface area contributed by atoms with Crippen LogP contribution in [0.3, 0.4) is 0 Å². The zero-order chi connectivity index (χ0) is 14.3. The van der Waals surface area contributed by atoms with Crippen LogP contribution in [0.2, 0.25) is 0 Å². The van der Waals surface area contributed by atoms with Crippen LogP contribution in [0.5, 0.6) is 0 Å². The Morgan fingerprint density at radius 2 is 2.37 bits per heavy atom. The molecule has 0 saturated heterocycles. The fourth-order valence-electron chi connectivity index (χ4n) is 1.46. The lowest BCUT2D eigenvalue weighted by molar-refractivity contribution is 0.0365. The molecule has 0 aliphatic heterocycles. The minimum Gasteiger partial charge on any atom is -0.382 e. The lowest BCUT2D eigenvalue weighted by atomic mass is 10.3. The Balaban J connectivity index is 2.77. The third kappa shape index (κ3) is 4.45. The van der Waals surface area contributed by atoms with E-state index in [4.69, 9.17) is 9.47 Å². The van der Waals surface area contributed by atoms with Crippen molar-refractivity contribution in [3.8, 4) is 0 Å². The highest BCUT2D eigenvalue weighted by atomic mass is 79.9. The van der Waals surface area contributed by atoms with Gasteiger partial charge in [-0.15, -0.1) is 6.58 Å². The van der Waals surface area contributed by atoms with Gasteiger partial charge >= 0.3 is 0 Å². The maximum absolute atomic E-state index is 11.9. The zero-order valence-electron chi connectivity index (χ0n) is 11.1. The van der Waals surface area contributed by atoms with Gasteiger partial charge in [-0.3, -0.25) is 4.79 Å². The quantitative estimate of drug-likeness (QED) is 0.726. The molecule has 1 aromatic rings. The van der Waals surface area contributed by atoms with E-state index in [2.05, 4.69) is 32.9 Å². The molecule has 1 atom stereocenters. The molecule has 0 fully saturated rings. The van der Waals surface area contributed by atoms with Gasteiger partial charge in [0.2, 0.25) is 0 Å². The van der Waals surface area contributed by atoms with E-state index in [1.165, 1.54) is 4.68 Å². The summed E-state index contributed by atoms with van der Waals surface area (Å²) in [6.07, 6.45) is 3.12. The number of anilines is 1. The first-order chi connectivity index (χ1) is 9.13. The van der Waals surface area contributed by atoms with Crippen LogP contribution in [0.25, 0.3) is 0 Å². The second kappa shape index (κ2) is 8.08. The van der Waals surface area contributed by atoms with E-state index in [9.17, 15) is 4.79 Å². The predicted octanol–water partition coefficient (Wildman–Crippen LogP) is 1.27. The van der Waals surface area contributed by atoms with E-state index in [0.717, 1.165) is 0 Å². The van der Waals surface area contributed by atoms with Gasteiger partial charge < -0.3 is 14.8 Å². The molecule has 0 aliphatic carbocycles. The average molecular weight is 332 g/mol. The first-order valence-corrected chi connectivity index (χ1v) is 6.55. The maximum atomic E-state index is 11.9. The van der Waals surface area contributed by atoms with Crippen LogP contribution in [-0.4, -0.2) is 43.3 Å². The number of aromatic nitrogens is 2. The number of hydrogen-bond acceptors (Lipinski definition) is 5. The van der Waals surface area contributed by atoms with Crippen molar-refractivity contribution in [3.05, 3.63) is 33.7 Å². The number of methoxy groups -OCH3 is 2. The Morgan fingerprint density at radius 1 is 1.63 bits per heavy atom. The van der Waals surface area contributed by atoms with Crippen molar-refractivity contribution in [1.82, 2.24) is 9.78 Å². The molecule has 0 saturated carbocycles. The summed E-state index contributed by atoms with van der Waals surface area (Å²) in [6.45, 7) is 4.95. The molecule has 7 heteroatoms. The number of nitrogens with one attached hydrogen (secondary N) is 1. The second-order valence-electron chi connectivity index (χ2n) is 3.84. The van der Waals surface area contributed by atoms with E-state index in [1.54, 1.807) is 26.5 Å². The number of hydrogen-bond donors (Lipinski definition) is 1. The number of ether oxygens (including phenoxy) is 2. The van der Waals surface area contributed by atoms with Crippen molar-refractivity contribution in [2.75, 3.05) is 32.7 Å². The summed E-state index contributed by atoms with van der Waals surface area (Å²) in [5.74, 6) is 0. The molecule has 1 aromatic heterocycles. The highest BCUT2D eigenvalue weighted by molar-refractivity contribution is 9.10. The van der Waals surface area contributed by atoms with Crippen LogP contribution in [0.1, 0.15) is 0 Å². The molecule has 0 aliphatic rings. The molecule has 0 aromatic carbocycles. The molecule has 1 N–H and O–H groups in total. The van der Waals surface area contributed by atoms with Gasteiger partial charge in [-0.25, -0.2) is 4.68 Å². The van der Waals surface area contributed by atoms with E-state index in [-0.39, 0.29) is 11.7 Å². The SMILES string of the molecule is C=CCn1ncc(NCC(COC)OC)c(Br)c1=O. The van der Waals surface area contributed by atoms with Crippen LogP contribution in [0.15, 0.2) is 28.1 Å². The summed E-state index contributed by atoms with van der Waals surface area (Å²) >= 11 is 3.27. The minimum absolute atomic E-state index is 0.0903. The zero-order valence-corrected chi connectivity index (χ0v) is 12.6. The van der Waals surface area contributed by atoms with E-state index in [0.29, 0.717) is 29.9 Å². The van der Waals surface area contributed by atoms with Crippen molar-refractivity contribution in [3.63, 3.8) is 0 Å². The van der Waals surface area contributed by atoms with Crippen LogP contribution < -0.4 is 10.9 Å². The van der Waals surface area contributed by atoms with Gasteiger partial charge in [0.05, 0.1) is 31.1 Å². The van der Waals surface area contributed by atoms with Gasteiger partial charge in [-0.1, -0.05) is 6.08 Å². The molecule has 1 unspecified atom stereocenters. The fraction of sp³-hybridized carbons (Fsp3) is 0.500. The number of halogens is 1. The summed E-state index contributed by atoms with van der Waals surface area (Å²) in [5.41, 5.74) is 0.425. The summed E-state index contributed by atoms with van der Waals surface area (Å²) in [4.78, 5) is 11.9. The van der Waals surface area contributed by atoms with E-state index >= 15 is 0 Å². The molecule has 0 amide bonds. The Bertz CT molecular complexity index is 476. The second-order valence-corrected chi connectivity index (χ2v) is 4.64. The first kappa shape index (κ1) is 15.9. The van der Waals surface area contributed by atoms with Gasteiger partial charge in [0.25, 0.3) is 5.56 Å². The van der Waals surface area contributed by atoms with Gasteiger partial charge in [0.15, 0.2) is 0 Å². The van der Waals surface area contributed by atoms with Crippen LogP contribution in [-0.2, 0) is 16.0 Å². The topological polar surface area (TPSA) is 65.4 Å². The summed E-state index contributed by atoms with van der Waals surface area (Å²) in [6, 6.07) is 0. The lowest BCUT2D eigenvalue weighted by Crippen LogP contribution is -2.29. The van der Waals surface area contributed by atoms with E-state index < -0.39 is 0 Å². The fourth-order valence-corrected chi connectivity index (χ4v) is 1.91. The number of nitrogens with zero attached hydrogens (tertiary/aromatic N) is 2. The minimum atomic E-state index is -0.203. The summed E-state index contributed by atoms with van der Waals surface area (Å²) < 4.78 is 12.0. The lowest BCUT2D eigenvalue weighted by Gasteiger charge is -2.16. The summed E-state index contributed by atoms with van der Waals surface area (Å²) in [5, 5.41) is 7.15. The standard InChI is InChI=1S/C12H18BrN3O3/c1-4-5-16-12(17)11(13)10(7-15-16)14-6-9(19-3)8-18-2/h4,7,9,14H,1,5-6,8H2,2-3H3. The molecule has 0 spiro atoms. The highest BCUT2D eigenvalue weighted by Gasteiger charge is 2.11. The highest BCUT2D eigenvalue weighted by Crippen LogP contribution is 2.16. The van der Waals surface area contributed by atoms with Crippen molar-refractivity contribution < 1.29 is 9.47 Å². The molecule has 6 nitrogen and oxygen atoms in total. The maximum Gasteiger partial charge on any atom is 0.283 e. The van der Waals surface area contributed by atoms with Crippen LogP contribution in [0.4, 0.5) is 5.69 Å². The molecule has 1 heterocycles. The van der Waals surface area contributed by atoms with Crippen LogP contribution in [0, 0.1) is 0 Å². The largest absolute Gasteiger partial charge is 0.382 e. The molecule has 106 valence electrons. The monoisotopic (exact) mass is 331 g/mol. The normalized spacial score (nSPS) is 12.2. The molecular weight excluding hydrogens is 314 g/mol. The van der Waals surface area contributed by atoms with Crippen molar-refractivity contribution in [2.24, 2.45) is 0 Å². The van der Waals surface area contributed by atoms with Crippen molar-refractivity contribution in [1.29, 1.82) is 0 Å². The third-order valence-corrected chi connectivity index (χ3v) is 3.26. The predicted molar refractivity (Wildman–Crippen MR) is 77.6 cm³/mol. The third-order valence-electron chi connectivity index (χ3n) is 2.49. The van der Waals surface area contributed by atoms with Crippen molar-refractivity contribution in [2.45, 2.75) is 12.6 Å². The van der Waals surface area contributed by atoms with Gasteiger partial charge in [0.1, 0.15) is 4.47 Å². The molecule has 0 radical (unpaired) electrons. The smallest absolute Gasteiger partial charge is 0.283 e. The van der Waals surface area contributed by atoms with E-state index in [1.807, 2.05) is 0 Å². The van der Waals surface area contributed by atoms with Gasteiger partial charge in [0, 0.05) is 20.8 Å². The molecular formula is C12H18BrN3O3. The Hall–Kier alpha value is -1.18. The summed E-state index contributed by atoms with van der Waals surface area (Å²) in [7, 11) is 3.22. The van der Waals surface area contributed by atoms with Gasteiger partial charge in [-0.2, -0.15) is 5.10 Å². The first-order valence-electron chi connectivity index (χ1n) is 5.76.